The Morgan fingerprint density at radius 2 is 1.38 bits per heavy atom. The number of nitrogens with zero attached hydrogens (tertiary/aromatic N) is 3. The first-order chi connectivity index (χ1) is 11.2. The van der Waals surface area contributed by atoms with Crippen LogP contribution in [-0.4, -0.2) is 40.8 Å². The molecule has 0 N–H and O–H groups in total. The van der Waals surface area contributed by atoms with Crippen LogP contribution in [-0.2, 0) is 47.6 Å². The monoisotopic (exact) mass is 536 g/mol. The predicted molar refractivity (Wildman–Crippen MR) is 99.0 cm³/mol. The van der Waals surface area contributed by atoms with Gasteiger partial charge in [-0.25, -0.2) is 4.71 Å². The molecule has 1 radical (unpaired) electrons. The number of aromatic nitrogens is 1. The van der Waals surface area contributed by atoms with Gasteiger partial charge in [-0.05, 0) is 36.4 Å². The maximum absolute atomic E-state index is 5.14. The van der Waals surface area contributed by atoms with Gasteiger partial charge in [0.25, 0.3) is 0 Å². The number of anilines is 1. The van der Waals surface area contributed by atoms with Crippen LogP contribution < -0.4 is 4.90 Å². The second kappa shape index (κ2) is 9.57. The summed E-state index contributed by atoms with van der Waals surface area (Å²) in [6.07, 6.45) is 3.51. The molecular weight excluding hydrogens is 519 g/mol. The van der Waals surface area contributed by atoms with Crippen molar-refractivity contribution in [2.24, 2.45) is 0 Å². The van der Waals surface area contributed by atoms with Crippen molar-refractivity contribution in [1.82, 2.24) is 9.88 Å². The van der Waals surface area contributed by atoms with Crippen LogP contribution in [0.3, 0.4) is 0 Å². The Morgan fingerprint density at radius 3 is 1.92 bits per heavy atom. The zero-order valence-corrected chi connectivity index (χ0v) is 16.8. The molecule has 3 nitrogen and oxygen atoms in total. The van der Waals surface area contributed by atoms with Crippen LogP contribution in [0.2, 0.25) is 0 Å². The molecule has 2 aromatic rings. The van der Waals surface area contributed by atoms with Gasteiger partial charge in [0, 0.05) is 77.8 Å². The molecule has 0 spiro atoms. The van der Waals surface area contributed by atoms with Crippen LogP contribution in [0, 0.1) is 11.8 Å². The molecule has 24 heavy (non-hydrogen) atoms. The predicted octanol–water partition coefficient (Wildman–Crippen LogP) is 1.98. The summed E-state index contributed by atoms with van der Waals surface area (Å²) >= 11 is 10.3. The van der Waals surface area contributed by atoms with Gasteiger partial charge >= 0.3 is 0 Å². The van der Waals surface area contributed by atoms with Crippen molar-refractivity contribution < 1.29 is 22.4 Å². The summed E-state index contributed by atoms with van der Waals surface area (Å²) in [7, 11) is 0. The fourth-order valence-corrected chi connectivity index (χ4v) is 2.95. The van der Waals surface area contributed by atoms with Crippen molar-refractivity contribution >= 4 is 30.9 Å². The summed E-state index contributed by atoms with van der Waals surface area (Å²) in [5.41, 5.74) is 3.22. The summed E-state index contributed by atoms with van der Waals surface area (Å²) in [5.74, 6) is 6.33. The van der Waals surface area contributed by atoms with Crippen molar-refractivity contribution in [2.75, 3.05) is 31.1 Å². The summed E-state index contributed by atoms with van der Waals surface area (Å²) < 4.78 is -0.192. The van der Waals surface area contributed by atoms with Crippen molar-refractivity contribution in [2.45, 2.75) is 4.71 Å². The first-order valence-electron chi connectivity index (χ1n) is 7.55. The van der Waals surface area contributed by atoms with Gasteiger partial charge < -0.3 is 35.1 Å². The number of hydrogen-bond acceptors (Lipinski definition) is 5. The summed E-state index contributed by atoms with van der Waals surface area (Å²) in [6.45, 7) is 3.79. The molecule has 1 aliphatic heterocycles. The zero-order valence-electron chi connectivity index (χ0n) is 13.0. The van der Waals surface area contributed by atoms with Crippen LogP contribution in [0.4, 0.5) is 5.69 Å². The minimum absolute atomic E-state index is 0. The third-order valence-electron chi connectivity index (χ3n) is 3.88. The van der Waals surface area contributed by atoms with Gasteiger partial charge in [-0.1, -0.05) is 11.8 Å². The van der Waals surface area contributed by atoms with E-state index in [1.165, 1.54) is 5.69 Å². The Hall–Kier alpha value is -0.870. The molecule has 1 aromatic carbocycles. The molecule has 6 heteroatoms. The fourth-order valence-electron chi connectivity index (χ4n) is 2.53. The Bertz CT molecular complexity index is 688. The van der Waals surface area contributed by atoms with E-state index in [1.807, 2.05) is 12.1 Å². The molecule has 0 saturated carbocycles. The Kier molecular flexibility index (Phi) is 7.76. The summed E-state index contributed by atoms with van der Waals surface area (Å²) in [4.78, 5) is 8.52. The Labute approximate surface area is 170 Å². The van der Waals surface area contributed by atoms with E-state index in [0.717, 1.165) is 37.3 Å². The van der Waals surface area contributed by atoms with E-state index in [9.17, 15) is 0 Å². The zero-order chi connectivity index (χ0) is 16.1. The fraction of sp³-hybridized carbons (Fsp3) is 0.278. The second-order valence-electron chi connectivity index (χ2n) is 5.36. The van der Waals surface area contributed by atoms with E-state index in [-0.39, 0.29) is 27.1 Å². The van der Waals surface area contributed by atoms with E-state index in [2.05, 4.69) is 50.9 Å². The van der Waals surface area contributed by atoms with Crippen LogP contribution in [0.1, 0.15) is 11.1 Å². The second-order valence-corrected chi connectivity index (χ2v) is 6.55. The quantitative estimate of drug-likeness (QED) is 0.332. The van der Waals surface area contributed by atoms with Gasteiger partial charge in [0.15, 0.2) is 0 Å². The number of pyridine rings is 1. The van der Waals surface area contributed by atoms with Crippen molar-refractivity contribution in [1.29, 1.82) is 0 Å². The van der Waals surface area contributed by atoms with E-state index < -0.39 is 0 Å². The molecular formula is C18H17AuN3S2-2. The molecule has 2 heterocycles. The molecule has 129 valence electrons. The maximum Gasteiger partial charge on any atom is 0.0367 e. The molecule has 1 fully saturated rings. The molecule has 0 amide bonds. The van der Waals surface area contributed by atoms with Gasteiger partial charge in [-0.2, -0.15) is 0 Å². The normalized spacial score (nSPS) is 14.7. The summed E-state index contributed by atoms with van der Waals surface area (Å²) in [5, 5.41) is 0. The van der Waals surface area contributed by atoms with E-state index in [0.29, 0.717) is 0 Å². The van der Waals surface area contributed by atoms with Crippen molar-refractivity contribution in [3.63, 3.8) is 0 Å². The van der Waals surface area contributed by atoms with E-state index in [4.69, 9.17) is 25.3 Å². The minimum atomic E-state index is -0.192. The van der Waals surface area contributed by atoms with E-state index in [1.54, 1.807) is 12.4 Å². The molecule has 3 rings (SSSR count). The number of hydrogen-bond donors (Lipinski definition) is 0. The molecule has 1 saturated heterocycles. The molecule has 1 aliphatic rings. The third-order valence-corrected chi connectivity index (χ3v) is 4.47. The molecule has 0 aliphatic carbocycles. The topological polar surface area (TPSA) is 19.4 Å². The van der Waals surface area contributed by atoms with Gasteiger partial charge in [-0.15, -0.1) is 0 Å². The van der Waals surface area contributed by atoms with Gasteiger partial charge in [0.2, 0.25) is 0 Å². The number of rotatable bonds is 2. The average molecular weight is 536 g/mol. The first-order valence-corrected chi connectivity index (χ1v) is 8.49. The average Bonchev–Trinajstić information content (AvgIpc) is 2.61. The standard InChI is InChI=1S/C18H19N3S2.Au/c22-18(23)21-13-11-20(12-14-21)17-5-3-15(4-6-17)1-2-16-7-9-19-10-8-16;/h3-10,18,22-23H,11-14H2;/p-2. The third kappa shape index (κ3) is 5.32. The van der Waals surface area contributed by atoms with E-state index >= 15 is 0 Å². The first kappa shape index (κ1) is 19.5. The van der Waals surface area contributed by atoms with Gasteiger partial charge in [-0.3, -0.25) is 4.98 Å². The van der Waals surface area contributed by atoms with Crippen molar-refractivity contribution in [3.05, 3.63) is 59.9 Å². The van der Waals surface area contributed by atoms with Crippen LogP contribution in [0.15, 0.2) is 48.8 Å². The van der Waals surface area contributed by atoms with Crippen LogP contribution in [0.25, 0.3) is 0 Å². The van der Waals surface area contributed by atoms with Crippen LogP contribution in [0.5, 0.6) is 0 Å². The minimum Gasteiger partial charge on any atom is -0.800 e. The van der Waals surface area contributed by atoms with Crippen LogP contribution >= 0.6 is 0 Å². The summed E-state index contributed by atoms with van der Waals surface area (Å²) in [6, 6.07) is 12.2. The Balaban J connectivity index is 0.00000208. The molecule has 0 unspecified atom stereocenters. The molecule has 0 atom stereocenters. The van der Waals surface area contributed by atoms with Gasteiger partial charge in [0.05, 0.1) is 0 Å². The Morgan fingerprint density at radius 1 is 0.833 bits per heavy atom. The SMILES string of the molecule is [Au].[S-]C([S-])N1CCN(c2ccc(C#Cc3ccncc3)cc2)CC1. The molecule has 1 aromatic heterocycles. The number of piperazine rings is 1. The maximum atomic E-state index is 5.14. The number of benzene rings is 1. The largest absolute Gasteiger partial charge is 0.800 e. The smallest absolute Gasteiger partial charge is 0.0367 e. The van der Waals surface area contributed by atoms with Crippen molar-refractivity contribution in [3.8, 4) is 11.8 Å². The molecule has 0 bridgehead atoms. The van der Waals surface area contributed by atoms with Gasteiger partial charge in [0.1, 0.15) is 0 Å².